The highest BCUT2D eigenvalue weighted by Crippen LogP contribution is 2.22. The van der Waals surface area contributed by atoms with Crippen molar-refractivity contribution in [1.82, 2.24) is 9.78 Å². The summed E-state index contributed by atoms with van der Waals surface area (Å²) in [6.45, 7) is 9.62. The summed E-state index contributed by atoms with van der Waals surface area (Å²) < 4.78 is 1.74. The predicted molar refractivity (Wildman–Crippen MR) is 68.7 cm³/mol. The SMILES string of the molecule is Cc1nn(C)c(C)c1NC(=O)[C@H](N)C(C)(C)C. The predicted octanol–water partition coefficient (Wildman–Crippen LogP) is 1.35. The smallest absolute Gasteiger partial charge is 0.241 e. The molecule has 0 aliphatic heterocycles. The molecule has 0 aliphatic carbocycles. The first-order valence-corrected chi connectivity index (χ1v) is 5.71. The molecule has 1 heterocycles. The largest absolute Gasteiger partial charge is 0.322 e. The van der Waals surface area contributed by atoms with Crippen molar-refractivity contribution in [2.24, 2.45) is 18.2 Å². The van der Waals surface area contributed by atoms with Gasteiger partial charge in [-0.2, -0.15) is 5.10 Å². The van der Waals surface area contributed by atoms with Crippen molar-refractivity contribution in [2.45, 2.75) is 40.7 Å². The van der Waals surface area contributed by atoms with Gasteiger partial charge in [0.15, 0.2) is 0 Å². The van der Waals surface area contributed by atoms with Gasteiger partial charge in [0, 0.05) is 7.05 Å². The molecule has 5 heteroatoms. The highest BCUT2D eigenvalue weighted by Gasteiger charge is 2.28. The van der Waals surface area contributed by atoms with Crippen molar-refractivity contribution in [3.8, 4) is 0 Å². The Morgan fingerprint density at radius 2 is 1.94 bits per heavy atom. The Balaban J connectivity index is 2.89. The molecule has 1 aromatic rings. The van der Waals surface area contributed by atoms with E-state index < -0.39 is 6.04 Å². The minimum Gasteiger partial charge on any atom is -0.322 e. The fourth-order valence-electron chi connectivity index (χ4n) is 1.55. The summed E-state index contributed by atoms with van der Waals surface area (Å²) in [6, 6.07) is -0.540. The monoisotopic (exact) mass is 238 g/mol. The van der Waals surface area contributed by atoms with Gasteiger partial charge in [-0.3, -0.25) is 9.48 Å². The van der Waals surface area contributed by atoms with Crippen LogP contribution < -0.4 is 11.1 Å². The van der Waals surface area contributed by atoms with Crippen LogP contribution in [0.1, 0.15) is 32.2 Å². The van der Waals surface area contributed by atoms with E-state index in [9.17, 15) is 4.79 Å². The van der Waals surface area contributed by atoms with Crippen LogP contribution in [0.2, 0.25) is 0 Å². The molecule has 1 atom stereocenters. The number of hydrogen-bond donors (Lipinski definition) is 2. The van der Waals surface area contributed by atoms with Crippen LogP contribution in [0.25, 0.3) is 0 Å². The topological polar surface area (TPSA) is 72.9 Å². The van der Waals surface area contributed by atoms with Gasteiger partial charge < -0.3 is 11.1 Å². The zero-order valence-corrected chi connectivity index (χ0v) is 11.5. The van der Waals surface area contributed by atoms with Crippen LogP contribution in [-0.2, 0) is 11.8 Å². The average Bonchev–Trinajstić information content (AvgIpc) is 2.42. The van der Waals surface area contributed by atoms with Gasteiger partial charge in [-0.15, -0.1) is 0 Å². The molecule has 96 valence electrons. The second-order valence-corrected chi connectivity index (χ2v) is 5.50. The molecule has 1 rings (SSSR count). The number of aryl methyl sites for hydroxylation is 2. The second kappa shape index (κ2) is 4.49. The van der Waals surface area contributed by atoms with Gasteiger partial charge in [-0.25, -0.2) is 0 Å². The van der Waals surface area contributed by atoms with E-state index in [4.69, 9.17) is 5.73 Å². The van der Waals surface area contributed by atoms with E-state index >= 15 is 0 Å². The Bertz CT molecular complexity index is 428. The van der Waals surface area contributed by atoms with Gasteiger partial charge in [0.25, 0.3) is 0 Å². The molecule has 3 N–H and O–H groups in total. The summed E-state index contributed by atoms with van der Waals surface area (Å²) >= 11 is 0. The van der Waals surface area contributed by atoms with Crippen molar-refractivity contribution < 1.29 is 4.79 Å². The van der Waals surface area contributed by atoms with Crippen LogP contribution >= 0.6 is 0 Å². The maximum atomic E-state index is 12.0. The number of carbonyl (C=O) groups excluding carboxylic acids is 1. The van der Waals surface area contributed by atoms with E-state index in [0.29, 0.717) is 0 Å². The van der Waals surface area contributed by atoms with Crippen LogP contribution in [0.4, 0.5) is 5.69 Å². The molecular formula is C12H22N4O. The lowest BCUT2D eigenvalue weighted by Crippen LogP contribution is -2.45. The maximum absolute atomic E-state index is 12.0. The second-order valence-electron chi connectivity index (χ2n) is 5.50. The first-order valence-electron chi connectivity index (χ1n) is 5.71. The highest BCUT2D eigenvalue weighted by atomic mass is 16.2. The van der Waals surface area contributed by atoms with Gasteiger partial charge >= 0.3 is 0 Å². The molecule has 0 saturated carbocycles. The average molecular weight is 238 g/mol. The third-order valence-electron chi connectivity index (χ3n) is 2.97. The third kappa shape index (κ3) is 2.85. The Labute approximate surface area is 102 Å². The Morgan fingerprint density at radius 1 is 1.41 bits per heavy atom. The summed E-state index contributed by atoms with van der Waals surface area (Å²) in [5.41, 5.74) is 8.15. The number of aromatic nitrogens is 2. The van der Waals surface area contributed by atoms with Gasteiger partial charge in [0.2, 0.25) is 5.91 Å². The standard InChI is InChI=1S/C12H22N4O/c1-7-9(8(2)16(6)15-7)14-11(17)10(13)12(3,4)5/h10H,13H2,1-6H3,(H,14,17)/t10-/m0/s1. The van der Waals surface area contributed by atoms with Crippen molar-refractivity contribution in [1.29, 1.82) is 0 Å². The van der Waals surface area contributed by atoms with E-state index in [-0.39, 0.29) is 11.3 Å². The Morgan fingerprint density at radius 3 is 2.29 bits per heavy atom. The minimum atomic E-state index is -0.540. The van der Waals surface area contributed by atoms with Gasteiger partial charge in [0.1, 0.15) is 0 Å². The molecule has 0 fully saturated rings. The van der Waals surface area contributed by atoms with E-state index in [1.165, 1.54) is 0 Å². The number of nitrogens with two attached hydrogens (primary N) is 1. The quantitative estimate of drug-likeness (QED) is 0.816. The number of nitrogens with zero attached hydrogens (tertiary/aromatic N) is 2. The van der Waals surface area contributed by atoms with Crippen LogP contribution in [-0.4, -0.2) is 21.7 Å². The lowest BCUT2D eigenvalue weighted by molar-refractivity contribution is -0.119. The molecule has 0 radical (unpaired) electrons. The molecular weight excluding hydrogens is 216 g/mol. The fraction of sp³-hybridized carbons (Fsp3) is 0.667. The molecule has 1 amide bonds. The Hall–Kier alpha value is -1.36. The Kier molecular flexibility index (Phi) is 3.62. The van der Waals surface area contributed by atoms with E-state index in [1.807, 2.05) is 41.7 Å². The van der Waals surface area contributed by atoms with Crippen molar-refractivity contribution in [2.75, 3.05) is 5.32 Å². The van der Waals surface area contributed by atoms with Crippen LogP contribution in [0, 0.1) is 19.3 Å². The molecule has 0 aromatic carbocycles. The number of anilines is 1. The lowest BCUT2D eigenvalue weighted by atomic mass is 9.87. The first kappa shape index (κ1) is 13.7. The first-order chi connectivity index (χ1) is 7.64. The van der Waals surface area contributed by atoms with Gasteiger partial charge in [-0.1, -0.05) is 20.8 Å². The number of rotatable bonds is 2. The number of carbonyl (C=O) groups is 1. The molecule has 17 heavy (non-hydrogen) atoms. The van der Waals surface area contributed by atoms with Gasteiger partial charge in [0.05, 0.1) is 23.1 Å². The van der Waals surface area contributed by atoms with Crippen LogP contribution in [0.5, 0.6) is 0 Å². The van der Waals surface area contributed by atoms with E-state index in [1.54, 1.807) is 4.68 Å². The molecule has 0 bridgehead atoms. The molecule has 1 aromatic heterocycles. The summed E-state index contributed by atoms with van der Waals surface area (Å²) in [6.07, 6.45) is 0. The zero-order chi connectivity index (χ0) is 13.4. The maximum Gasteiger partial charge on any atom is 0.241 e. The summed E-state index contributed by atoms with van der Waals surface area (Å²) in [5.74, 6) is -0.170. The van der Waals surface area contributed by atoms with Crippen LogP contribution in [0.15, 0.2) is 0 Å². The molecule has 0 spiro atoms. The van der Waals surface area contributed by atoms with E-state index in [2.05, 4.69) is 10.4 Å². The number of hydrogen-bond acceptors (Lipinski definition) is 3. The molecule has 0 saturated heterocycles. The van der Waals surface area contributed by atoms with Crippen molar-refractivity contribution in [3.63, 3.8) is 0 Å². The molecule has 0 aliphatic rings. The molecule has 0 unspecified atom stereocenters. The number of nitrogens with one attached hydrogen (secondary N) is 1. The van der Waals surface area contributed by atoms with Crippen molar-refractivity contribution >= 4 is 11.6 Å². The zero-order valence-electron chi connectivity index (χ0n) is 11.5. The van der Waals surface area contributed by atoms with E-state index in [0.717, 1.165) is 17.1 Å². The third-order valence-corrected chi connectivity index (χ3v) is 2.97. The number of amides is 1. The van der Waals surface area contributed by atoms with Gasteiger partial charge in [-0.05, 0) is 19.3 Å². The highest BCUT2D eigenvalue weighted by molar-refractivity contribution is 5.96. The summed E-state index contributed by atoms with van der Waals surface area (Å²) in [4.78, 5) is 12.0. The van der Waals surface area contributed by atoms with Crippen LogP contribution in [0.3, 0.4) is 0 Å². The normalized spacial score (nSPS) is 13.6. The minimum absolute atomic E-state index is 0.170. The molecule has 5 nitrogen and oxygen atoms in total. The summed E-state index contributed by atoms with van der Waals surface area (Å²) in [5, 5.41) is 7.10. The van der Waals surface area contributed by atoms with Crippen molar-refractivity contribution in [3.05, 3.63) is 11.4 Å². The summed E-state index contributed by atoms with van der Waals surface area (Å²) in [7, 11) is 1.85. The lowest BCUT2D eigenvalue weighted by Gasteiger charge is -2.25. The fourth-order valence-corrected chi connectivity index (χ4v) is 1.55.